The highest BCUT2D eigenvalue weighted by Crippen LogP contribution is 2.41. The average molecular weight is 607 g/mol. The van der Waals surface area contributed by atoms with Gasteiger partial charge in [-0.2, -0.15) is 9.97 Å². The lowest BCUT2D eigenvalue weighted by Crippen LogP contribution is -2.57. The molecule has 4 aliphatic rings. The molecular formula is C33H40F2N6O3. The fraction of sp³-hybridized carbons (Fsp3) is 0.576. The third-order valence-electron chi connectivity index (χ3n) is 9.83. The number of hydrogen-bond acceptors (Lipinski definition) is 8. The van der Waals surface area contributed by atoms with E-state index in [2.05, 4.69) is 19.8 Å². The molecule has 7 rings (SSSR count). The number of halogens is 2. The molecule has 9 nitrogen and oxygen atoms in total. The van der Waals surface area contributed by atoms with Gasteiger partial charge < -0.3 is 14.4 Å². The molecule has 1 aromatic carbocycles. The van der Waals surface area contributed by atoms with Gasteiger partial charge >= 0.3 is 12.1 Å². The molecule has 1 amide bonds. The molecule has 4 fully saturated rings. The van der Waals surface area contributed by atoms with Crippen molar-refractivity contribution in [2.24, 2.45) is 0 Å². The van der Waals surface area contributed by atoms with Crippen LogP contribution >= 0.6 is 0 Å². The van der Waals surface area contributed by atoms with Gasteiger partial charge in [-0.05, 0) is 90.9 Å². The molecule has 3 aromatic rings. The topological polar surface area (TPSA) is 83.9 Å². The Morgan fingerprint density at radius 1 is 1.07 bits per heavy atom. The number of carbonyl (C=O) groups excluding carboxylic acids is 1. The summed E-state index contributed by atoms with van der Waals surface area (Å²) in [4.78, 5) is 33.5. The lowest BCUT2D eigenvalue weighted by Gasteiger charge is -2.42. The third kappa shape index (κ3) is 5.02. The zero-order valence-electron chi connectivity index (χ0n) is 25.9. The van der Waals surface area contributed by atoms with E-state index in [1.807, 2.05) is 25.7 Å². The van der Waals surface area contributed by atoms with Crippen molar-refractivity contribution >= 4 is 22.8 Å². The maximum atomic E-state index is 16.4. The number of amides is 1. The minimum atomic E-state index is -0.637. The van der Waals surface area contributed by atoms with Crippen molar-refractivity contribution in [3.8, 4) is 17.3 Å². The summed E-state index contributed by atoms with van der Waals surface area (Å²) in [7, 11) is 0. The Hall–Kier alpha value is -3.60. The molecule has 2 aromatic heterocycles. The van der Waals surface area contributed by atoms with Crippen LogP contribution in [0.3, 0.4) is 0 Å². The Balaban J connectivity index is 1.27. The van der Waals surface area contributed by atoms with Gasteiger partial charge in [0.2, 0.25) is 0 Å². The molecule has 11 heteroatoms. The summed E-state index contributed by atoms with van der Waals surface area (Å²) in [5, 5.41) is 0.458. The minimum absolute atomic E-state index is 0.0305. The summed E-state index contributed by atoms with van der Waals surface area (Å²) >= 11 is 0. The van der Waals surface area contributed by atoms with Gasteiger partial charge in [0.15, 0.2) is 5.82 Å². The fourth-order valence-corrected chi connectivity index (χ4v) is 7.73. The molecule has 6 heterocycles. The van der Waals surface area contributed by atoms with Crippen LogP contribution in [0.25, 0.3) is 22.2 Å². The van der Waals surface area contributed by atoms with E-state index >= 15 is 4.39 Å². The number of aromatic nitrogens is 3. The summed E-state index contributed by atoms with van der Waals surface area (Å²) in [6.07, 6.45) is 7.36. The lowest BCUT2D eigenvalue weighted by molar-refractivity contribution is 0.0122. The van der Waals surface area contributed by atoms with Crippen LogP contribution in [-0.2, 0) is 4.74 Å². The smallest absolute Gasteiger partial charge is 0.410 e. The SMILES string of the molecule is Cc1c(F)cccc1-c1ncc2c(N3CC4CCC(C3)N4C(=O)OC(C)(C)C)nc(OCC34CCCN3CCC4)nc2c1F. The first-order valence-electron chi connectivity index (χ1n) is 15.8. The van der Waals surface area contributed by atoms with Crippen molar-refractivity contribution < 1.29 is 23.0 Å². The Labute approximate surface area is 256 Å². The molecule has 0 spiro atoms. The Kier molecular flexibility index (Phi) is 7.14. The second-order valence-corrected chi connectivity index (χ2v) is 13.8. The van der Waals surface area contributed by atoms with Crippen LogP contribution in [-0.4, -0.2) is 86.9 Å². The molecule has 0 N–H and O–H groups in total. The zero-order valence-corrected chi connectivity index (χ0v) is 25.9. The van der Waals surface area contributed by atoms with Gasteiger partial charge in [-0.3, -0.25) is 14.8 Å². The summed E-state index contributed by atoms with van der Waals surface area (Å²) in [5.41, 5.74) is 0.210. The highest BCUT2D eigenvalue weighted by Gasteiger charge is 2.46. The van der Waals surface area contributed by atoms with E-state index in [1.165, 1.54) is 6.07 Å². The largest absolute Gasteiger partial charge is 0.461 e. The minimum Gasteiger partial charge on any atom is -0.461 e. The number of carbonyl (C=O) groups is 1. The number of rotatable bonds is 5. The van der Waals surface area contributed by atoms with Crippen LogP contribution in [0.4, 0.5) is 19.4 Å². The van der Waals surface area contributed by atoms with Crippen LogP contribution in [0.15, 0.2) is 24.4 Å². The molecule has 2 atom stereocenters. The predicted octanol–water partition coefficient (Wildman–Crippen LogP) is 5.87. The average Bonchev–Trinajstić information content (AvgIpc) is 3.63. The summed E-state index contributed by atoms with van der Waals surface area (Å²) < 4.78 is 42.9. The van der Waals surface area contributed by atoms with E-state index in [-0.39, 0.29) is 40.9 Å². The second kappa shape index (κ2) is 10.8. The van der Waals surface area contributed by atoms with E-state index in [4.69, 9.17) is 14.5 Å². The highest BCUT2D eigenvalue weighted by atomic mass is 19.1. The number of pyridine rings is 1. The Morgan fingerprint density at radius 2 is 1.77 bits per heavy atom. The maximum absolute atomic E-state index is 16.4. The van der Waals surface area contributed by atoms with Crippen LogP contribution in [0.5, 0.6) is 6.01 Å². The molecule has 234 valence electrons. The maximum Gasteiger partial charge on any atom is 0.410 e. The van der Waals surface area contributed by atoms with Crippen molar-refractivity contribution in [3.05, 3.63) is 41.6 Å². The monoisotopic (exact) mass is 606 g/mol. The van der Waals surface area contributed by atoms with E-state index in [0.29, 0.717) is 42.0 Å². The molecule has 4 saturated heterocycles. The number of anilines is 1. The number of nitrogens with zero attached hydrogens (tertiary/aromatic N) is 6. The molecule has 4 aliphatic heterocycles. The summed E-state index contributed by atoms with van der Waals surface area (Å²) in [5.74, 6) is -0.528. The van der Waals surface area contributed by atoms with Crippen LogP contribution in [0, 0.1) is 18.6 Å². The number of piperazine rings is 1. The molecule has 2 unspecified atom stereocenters. The molecule has 0 aliphatic carbocycles. The standard InChI is InChI=1S/C33H40F2N6O3/c1-20-23(8-5-9-25(20)34)27-26(35)28-24(16-36-27)29(38-30(37-28)43-19-33-12-6-14-40(33)15-7-13-33)39-17-21-10-11-22(18-39)41(21)31(42)44-32(2,3)4/h5,8-9,16,21-22H,6-7,10-15,17-19H2,1-4H3. The van der Waals surface area contributed by atoms with Gasteiger partial charge in [0.25, 0.3) is 0 Å². The van der Waals surface area contributed by atoms with Crippen LogP contribution in [0.2, 0.25) is 0 Å². The van der Waals surface area contributed by atoms with Crippen molar-refractivity contribution in [2.45, 2.75) is 89.4 Å². The van der Waals surface area contributed by atoms with Crippen LogP contribution in [0.1, 0.15) is 64.9 Å². The van der Waals surface area contributed by atoms with Gasteiger partial charge in [-0.15, -0.1) is 0 Å². The summed E-state index contributed by atoms with van der Waals surface area (Å²) in [6, 6.07) is 4.57. The van der Waals surface area contributed by atoms with Crippen molar-refractivity contribution in [1.29, 1.82) is 0 Å². The molecule has 0 radical (unpaired) electrons. The number of hydrogen-bond donors (Lipinski definition) is 0. The van der Waals surface area contributed by atoms with E-state index < -0.39 is 17.2 Å². The number of ether oxygens (including phenoxy) is 2. The highest BCUT2D eigenvalue weighted by molar-refractivity contribution is 5.92. The predicted molar refractivity (Wildman–Crippen MR) is 163 cm³/mol. The number of benzene rings is 1. The first kappa shape index (κ1) is 29.1. The van der Waals surface area contributed by atoms with Gasteiger partial charge in [0.1, 0.15) is 35.1 Å². The Bertz CT molecular complexity index is 1590. The fourth-order valence-electron chi connectivity index (χ4n) is 7.73. The van der Waals surface area contributed by atoms with Crippen molar-refractivity contribution in [1.82, 2.24) is 24.8 Å². The molecular weight excluding hydrogens is 566 g/mol. The van der Waals surface area contributed by atoms with Gasteiger partial charge in [-0.25, -0.2) is 13.6 Å². The van der Waals surface area contributed by atoms with Crippen molar-refractivity contribution in [3.63, 3.8) is 0 Å². The number of fused-ring (bicyclic) bond motifs is 4. The molecule has 0 saturated carbocycles. The first-order valence-corrected chi connectivity index (χ1v) is 15.8. The van der Waals surface area contributed by atoms with Gasteiger partial charge in [-0.1, -0.05) is 12.1 Å². The quantitative estimate of drug-likeness (QED) is 0.357. The molecule has 44 heavy (non-hydrogen) atoms. The normalized spacial score (nSPS) is 23.0. The van der Waals surface area contributed by atoms with Crippen LogP contribution < -0.4 is 9.64 Å². The first-order chi connectivity index (χ1) is 21.0. The van der Waals surface area contributed by atoms with Gasteiger partial charge in [0, 0.05) is 24.8 Å². The second-order valence-electron chi connectivity index (χ2n) is 13.8. The lowest BCUT2D eigenvalue weighted by atomic mass is 9.95. The molecule has 2 bridgehead atoms. The van der Waals surface area contributed by atoms with E-state index in [0.717, 1.165) is 51.6 Å². The van der Waals surface area contributed by atoms with Gasteiger partial charge in [0.05, 0.1) is 23.0 Å². The zero-order chi connectivity index (χ0) is 30.8. The third-order valence-corrected chi connectivity index (χ3v) is 9.83. The summed E-state index contributed by atoms with van der Waals surface area (Å²) in [6.45, 7) is 10.8. The van der Waals surface area contributed by atoms with E-state index in [1.54, 1.807) is 25.3 Å². The Morgan fingerprint density at radius 3 is 2.45 bits per heavy atom. The van der Waals surface area contributed by atoms with Crippen molar-refractivity contribution in [2.75, 3.05) is 37.7 Å². The van der Waals surface area contributed by atoms with E-state index in [9.17, 15) is 9.18 Å².